The van der Waals surface area contributed by atoms with E-state index in [1.165, 1.54) is 0 Å². The monoisotopic (exact) mass is 241 g/mol. The minimum atomic E-state index is 0. The maximum Gasteiger partial charge on any atom is 0.0743 e. The summed E-state index contributed by atoms with van der Waals surface area (Å²) in [6, 6.07) is 8.04. The third kappa shape index (κ3) is 4.63. The van der Waals surface area contributed by atoms with Gasteiger partial charge in [-0.2, -0.15) is 12.1 Å². The summed E-state index contributed by atoms with van der Waals surface area (Å²) in [7, 11) is 1.59. The van der Waals surface area contributed by atoms with Crippen molar-refractivity contribution in [1.29, 1.82) is 0 Å². The maximum atomic E-state index is 5.62. The first kappa shape index (κ1) is 13.8. The van der Waals surface area contributed by atoms with Crippen LogP contribution in [-0.2, 0) is 19.5 Å². The van der Waals surface area contributed by atoms with Gasteiger partial charge < -0.3 is 4.74 Å². The second-order valence-corrected chi connectivity index (χ2v) is 2.01. The van der Waals surface area contributed by atoms with Crippen molar-refractivity contribution in [3.63, 3.8) is 0 Å². The molecule has 1 aromatic carbocycles. The van der Waals surface area contributed by atoms with Gasteiger partial charge in [0.2, 0.25) is 0 Å². The Morgan fingerprint density at radius 2 is 2.18 bits per heavy atom. The van der Waals surface area contributed by atoms with E-state index < -0.39 is 0 Å². The molecule has 0 aliphatic heterocycles. The van der Waals surface area contributed by atoms with Crippen molar-refractivity contribution in [3.05, 3.63) is 29.3 Å². The molecule has 0 saturated carbocycles. The zero-order valence-corrected chi connectivity index (χ0v) is 10.7. The standard InChI is InChI=1S/C7H6ClO.ClH.Zn/c1-9-7-4-2-3-6(8)5-7;;/h2-3,5H,1H3;1H;/q-1;;. The Bertz CT molecular complexity index is 205. The third-order valence-corrected chi connectivity index (χ3v) is 1.19. The Morgan fingerprint density at radius 1 is 1.55 bits per heavy atom. The zero-order chi connectivity index (χ0) is 6.69. The SMILES string of the molecule is COc1[c-]ccc(Cl)c1.Cl.[Zn]. The van der Waals surface area contributed by atoms with Crippen LogP contribution in [0.3, 0.4) is 0 Å². The molecule has 0 spiro atoms. The summed E-state index contributed by atoms with van der Waals surface area (Å²) < 4.78 is 4.86. The molecule has 0 aliphatic carbocycles. The van der Waals surface area contributed by atoms with Gasteiger partial charge in [0.05, 0.1) is 7.11 Å². The van der Waals surface area contributed by atoms with Crippen LogP contribution in [0.25, 0.3) is 0 Å². The van der Waals surface area contributed by atoms with Gasteiger partial charge in [0.1, 0.15) is 0 Å². The van der Waals surface area contributed by atoms with Crippen LogP contribution in [0.1, 0.15) is 0 Å². The normalized spacial score (nSPS) is 7.45. The van der Waals surface area contributed by atoms with Gasteiger partial charge in [-0.05, 0) is 0 Å². The van der Waals surface area contributed by atoms with E-state index >= 15 is 0 Å². The van der Waals surface area contributed by atoms with Gasteiger partial charge in [0.25, 0.3) is 0 Å². The molecule has 58 valence electrons. The van der Waals surface area contributed by atoms with Gasteiger partial charge in [0.15, 0.2) is 0 Å². The Labute approximate surface area is 90.2 Å². The molecule has 0 N–H and O–H groups in total. The van der Waals surface area contributed by atoms with Crippen LogP contribution in [-0.4, -0.2) is 7.11 Å². The molecular formula is C7H7Cl2OZn-. The Kier molecular flexibility index (Phi) is 8.65. The fourth-order valence-corrected chi connectivity index (χ4v) is 0.698. The fraction of sp³-hybridized carbons (Fsp3) is 0.143. The average molecular weight is 243 g/mol. The van der Waals surface area contributed by atoms with Crippen molar-refractivity contribution in [2.24, 2.45) is 0 Å². The smallest absolute Gasteiger partial charge is 0.0743 e. The molecular weight excluding hydrogens is 236 g/mol. The van der Waals surface area contributed by atoms with Crippen LogP contribution in [0.4, 0.5) is 0 Å². The molecule has 1 aromatic rings. The second-order valence-electron chi connectivity index (χ2n) is 1.58. The van der Waals surface area contributed by atoms with Gasteiger partial charge in [-0.1, -0.05) is 5.02 Å². The van der Waals surface area contributed by atoms with Crippen molar-refractivity contribution < 1.29 is 24.2 Å². The van der Waals surface area contributed by atoms with Crippen LogP contribution in [0.2, 0.25) is 5.02 Å². The molecule has 11 heavy (non-hydrogen) atoms. The molecule has 0 atom stereocenters. The van der Waals surface area contributed by atoms with E-state index in [0.717, 1.165) is 0 Å². The number of ether oxygens (including phenoxy) is 1. The van der Waals surface area contributed by atoms with Gasteiger partial charge in [-0.15, -0.1) is 36.1 Å². The maximum absolute atomic E-state index is 5.62. The van der Waals surface area contributed by atoms with Crippen molar-refractivity contribution in [1.82, 2.24) is 0 Å². The molecule has 0 aromatic heterocycles. The average Bonchev–Trinajstić information content (AvgIpc) is 1.88. The molecule has 0 radical (unpaired) electrons. The fourth-order valence-electron chi connectivity index (χ4n) is 0.536. The number of benzene rings is 1. The van der Waals surface area contributed by atoms with E-state index in [1.54, 1.807) is 25.3 Å². The van der Waals surface area contributed by atoms with Gasteiger partial charge in [-0.3, -0.25) is 0 Å². The Balaban J connectivity index is 0. The van der Waals surface area contributed by atoms with Crippen LogP contribution in [0.15, 0.2) is 18.2 Å². The predicted molar refractivity (Wildman–Crippen MR) is 44.1 cm³/mol. The number of hydrogen-bond acceptors (Lipinski definition) is 1. The van der Waals surface area contributed by atoms with E-state index in [0.29, 0.717) is 10.8 Å². The van der Waals surface area contributed by atoms with Crippen molar-refractivity contribution in [2.75, 3.05) is 7.11 Å². The summed E-state index contributed by atoms with van der Waals surface area (Å²) in [6.45, 7) is 0. The summed E-state index contributed by atoms with van der Waals surface area (Å²) in [5, 5.41) is 0.672. The van der Waals surface area contributed by atoms with Crippen molar-refractivity contribution in [3.8, 4) is 5.75 Å². The minimum Gasteiger partial charge on any atom is -0.523 e. The van der Waals surface area contributed by atoms with Crippen molar-refractivity contribution in [2.45, 2.75) is 0 Å². The first-order chi connectivity index (χ1) is 4.33. The molecule has 0 fully saturated rings. The molecule has 0 bridgehead atoms. The topological polar surface area (TPSA) is 9.23 Å². The summed E-state index contributed by atoms with van der Waals surface area (Å²) >= 11 is 5.62. The van der Waals surface area contributed by atoms with E-state index in [2.05, 4.69) is 6.07 Å². The van der Waals surface area contributed by atoms with Crippen LogP contribution >= 0.6 is 24.0 Å². The molecule has 0 aliphatic rings. The summed E-state index contributed by atoms with van der Waals surface area (Å²) in [5.41, 5.74) is 0. The van der Waals surface area contributed by atoms with Crippen LogP contribution < -0.4 is 4.74 Å². The molecule has 1 rings (SSSR count). The second kappa shape index (κ2) is 6.90. The molecule has 1 nitrogen and oxygen atoms in total. The molecule has 0 unspecified atom stereocenters. The number of halogens is 2. The van der Waals surface area contributed by atoms with Gasteiger partial charge >= 0.3 is 0 Å². The molecule has 4 heteroatoms. The van der Waals surface area contributed by atoms with Gasteiger partial charge in [-0.25, -0.2) is 0 Å². The largest absolute Gasteiger partial charge is 0.523 e. The molecule has 0 saturated heterocycles. The summed E-state index contributed by atoms with van der Waals surface area (Å²) in [6.07, 6.45) is 0. The van der Waals surface area contributed by atoms with Crippen LogP contribution in [0, 0.1) is 6.07 Å². The van der Waals surface area contributed by atoms with E-state index in [4.69, 9.17) is 16.3 Å². The van der Waals surface area contributed by atoms with E-state index in [1.807, 2.05) is 0 Å². The van der Waals surface area contributed by atoms with E-state index in [-0.39, 0.29) is 31.9 Å². The zero-order valence-electron chi connectivity index (χ0n) is 6.13. The first-order valence-corrected chi connectivity index (χ1v) is 2.92. The number of methoxy groups -OCH3 is 1. The van der Waals surface area contributed by atoms with Crippen molar-refractivity contribution >= 4 is 24.0 Å². The summed E-state index contributed by atoms with van der Waals surface area (Å²) in [5.74, 6) is 0.669. The Morgan fingerprint density at radius 3 is 2.55 bits per heavy atom. The summed E-state index contributed by atoms with van der Waals surface area (Å²) in [4.78, 5) is 0. The Hall–Kier alpha value is 0.223. The molecule has 0 heterocycles. The number of rotatable bonds is 1. The molecule has 0 amide bonds. The van der Waals surface area contributed by atoms with Crippen LogP contribution in [0.5, 0.6) is 5.75 Å². The van der Waals surface area contributed by atoms with E-state index in [9.17, 15) is 0 Å². The van der Waals surface area contributed by atoms with Gasteiger partial charge in [0, 0.05) is 25.2 Å². The third-order valence-electron chi connectivity index (χ3n) is 0.957. The minimum absolute atomic E-state index is 0. The predicted octanol–water partition coefficient (Wildman–Crippen LogP) is 2.57. The number of hydrogen-bond donors (Lipinski definition) is 0. The quantitative estimate of drug-likeness (QED) is 0.544. The first-order valence-electron chi connectivity index (χ1n) is 2.54.